The second-order valence-corrected chi connectivity index (χ2v) is 11.2. The van der Waals surface area contributed by atoms with Gasteiger partial charge < -0.3 is 14.4 Å². The van der Waals surface area contributed by atoms with Gasteiger partial charge in [0.1, 0.15) is 0 Å². The summed E-state index contributed by atoms with van der Waals surface area (Å²) in [4.78, 5) is 23.2. The minimum absolute atomic E-state index is 0.288. The topological polar surface area (TPSA) is 86.3 Å². The molecule has 0 saturated carbocycles. The maximum Gasteiger partial charge on any atom is 0.359 e. The van der Waals surface area contributed by atoms with Crippen LogP contribution in [-0.4, -0.2) is 38.5 Å². The first-order chi connectivity index (χ1) is 20.7. The molecule has 218 valence electrons. The minimum Gasteiger partial charge on any atom is -0.478 e. The van der Waals surface area contributed by atoms with Crippen LogP contribution < -0.4 is 0 Å². The van der Waals surface area contributed by atoms with Gasteiger partial charge in [-0.2, -0.15) is 5.10 Å². The highest BCUT2D eigenvalue weighted by Gasteiger charge is 2.18. The number of carboxylic acids is 1. The van der Waals surface area contributed by atoms with Crippen molar-refractivity contribution in [3.8, 4) is 0 Å². The molecule has 0 unspecified atom stereocenters. The lowest BCUT2D eigenvalue weighted by Gasteiger charge is -2.07. The van der Waals surface area contributed by atoms with Crippen molar-refractivity contribution in [3.63, 3.8) is 0 Å². The van der Waals surface area contributed by atoms with E-state index in [1.165, 1.54) is 7.11 Å². The second kappa shape index (κ2) is 13.1. The Balaban J connectivity index is 0.000000171. The number of nitrogens with zero attached hydrogens (tertiary/aromatic N) is 3. The maximum absolute atomic E-state index is 11.9. The monoisotopic (exact) mass is 653 g/mol. The summed E-state index contributed by atoms with van der Waals surface area (Å²) in [6.45, 7) is 0.928. The van der Waals surface area contributed by atoms with Crippen molar-refractivity contribution in [3.05, 3.63) is 134 Å². The first-order valence-corrected chi connectivity index (χ1v) is 14.4. The number of carbonyl (C=O) groups is 2. The van der Waals surface area contributed by atoms with Crippen LogP contribution in [-0.2, 0) is 17.8 Å². The number of fused-ring (bicyclic) bond motifs is 2. The van der Waals surface area contributed by atoms with E-state index in [1.807, 2.05) is 59.2 Å². The Morgan fingerprint density at radius 3 is 1.91 bits per heavy atom. The number of carbonyl (C=O) groups excluding carboxylic acids is 1. The number of hydrogen-bond acceptors (Lipinski definition) is 4. The fraction of sp³-hybridized carbons (Fsp3) is 0.0938. The zero-order valence-corrected chi connectivity index (χ0v) is 25.6. The summed E-state index contributed by atoms with van der Waals surface area (Å²) in [5.74, 6) is -1.40. The van der Waals surface area contributed by atoms with Crippen molar-refractivity contribution < 1.29 is 19.4 Å². The van der Waals surface area contributed by atoms with Gasteiger partial charge in [0, 0.05) is 49.1 Å². The Morgan fingerprint density at radius 2 is 1.33 bits per heavy atom. The lowest BCUT2D eigenvalue weighted by molar-refractivity contribution is 0.0594. The molecule has 0 aliphatic rings. The molecule has 43 heavy (non-hydrogen) atoms. The number of aromatic nitrogens is 3. The zero-order valence-electron chi connectivity index (χ0n) is 22.6. The van der Waals surface area contributed by atoms with E-state index in [0.717, 1.165) is 32.9 Å². The van der Waals surface area contributed by atoms with Crippen LogP contribution in [0.5, 0.6) is 0 Å². The van der Waals surface area contributed by atoms with Crippen molar-refractivity contribution in [2.45, 2.75) is 13.1 Å². The first kappa shape index (κ1) is 30.4. The number of methoxy groups -OCH3 is 1. The molecule has 1 N–H and O–H groups in total. The molecular weight excluding hydrogens is 632 g/mol. The molecule has 11 heteroatoms. The van der Waals surface area contributed by atoms with Gasteiger partial charge in [0.05, 0.1) is 24.7 Å². The van der Waals surface area contributed by atoms with Crippen molar-refractivity contribution in [2.75, 3.05) is 7.11 Å². The van der Waals surface area contributed by atoms with Gasteiger partial charge in [-0.1, -0.05) is 94.9 Å². The number of esters is 1. The minimum atomic E-state index is -0.938. The molecule has 2 aromatic heterocycles. The molecule has 0 spiro atoms. The highest BCUT2D eigenvalue weighted by atomic mass is 35.5. The first-order valence-electron chi connectivity index (χ1n) is 12.9. The Labute approximate surface area is 266 Å². The van der Waals surface area contributed by atoms with Crippen LogP contribution in [0.3, 0.4) is 0 Å². The molecule has 0 radical (unpaired) electrons. The largest absolute Gasteiger partial charge is 0.478 e. The quantitative estimate of drug-likeness (QED) is 0.181. The molecule has 4 aromatic carbocycles. The summed E-state index contributed by atoms with van der Waals surface area (Å²) in [6.07, 6.45) is 1.64. The predicted octanol–water partition coefficient (Wildman–Crippen LogP) is 8.87. The molecule has 0 fully saturated rings. The Morgan fingerprint density at radius 1 is 0.767 bits per heavy atom. The molecule has 2 heterocycles. The Kier molecular flexibility index (Phi) is 9.28. The summed E-state index contributed by atoms with van der Waals surface area (Å²) in [5, 5.41) is 17.4. The van der Waals surface area contributed by atoms with E-state index in [4.69, 9.17) is 51.1 Å². The van der Waals surface area contributed by atoms with E-state index in [0.29, 0.717) is 38.9 Å². The van der Waals surface area contributed by atoms with Gasteiger partial charge in [-0.25, -0.2) is 9.59 Å². The van der Waals surface area contributed by atoms with E-state index in [-0.39, 0.29) is 5.56 Å². The van der Waals surface area contributed by atoms with Gasteiger partial charge in [0.15, 0.2) is 5.69 Å². The molecule has 0 aliphatic carbocycles. The fourth-order valence-corrected chi connectivity index (χ4v) is 5.62. The molecule has 0 bridgehead atoms. The predicted molar refractivity (Wildman–Crippen MR) is 171 cm³/mol. The number of hydrogen-bond donors (Lipinski definition) is 1. The SMILES string of the molecule is COC(=O)c1nn(Cc2ccc(Cl)cc2Cl)c2ccccc12.O=C(O)c1cn(Cc2ccc(Cl)cc2Cl)c2ccccc12. The number of halogens is 4. The third kappa shape index (κ3) is 6.65. The van der Waals surface area contributed by atoms with Crippen molar-refractivity contribution in [2.24, 2.45) is 0 Å². The summed E-state index contributed by atoms with van der Waals surface area (Å²) in [5.41, 5.74) is 4.04. The van der Waals surface area contributed by atoms with E-state index in [1.54, 1.807) is 41.2 Å². The Hall–Kier alpha value is -4.01. The molecule has 0 saturated heterocycles. The van der Waals surface area contributed by atoms with Gasteiger partial charge in [0.25, 0.3) is 0 Å². The zero-order chi connectivity index (χ0) is 30.7. The standard InChI is InChI=1S/C16H12Cl2N2O2.C16H11Cl2NO2/c1-22-16(21)15-12-4-2-3-5-14(12)20(19-15)9-10-6-7-11(17)8-13(10)18;17-11-6-5-10(14(18)7-11)8-19-9-13(16(20)21)12-3-1-2-4-15(12)19/h2-8H,9H2,1H3;1-7,9H,8H2,(H,20,21). The highest BCUT2D eigenvalue weighted by Crippen LogP contribution is 2.27. The smallest absolute Gasteiger partial charge is 0.359 e. The molecule has 7 nitrogen and oxygen atoms in total. The van der Waals surface area contributed by atoms with E-state index < -0.39 is 11.9 Å². The molecule has 6 aromatic rings. The fourth-order valence-electron chi connectivity index (χ4n) is 4.69. The number of ether oxygens (including phenoxy) is 1. The number of carboxylic acid groups (broad SMARTS) is 1. The summed E-state index contributed by atoms with van der Waals surface area (Å²) in [6, 6.07) is 25.5. The third-order valence-electron chi connectivity index (χ3n) is 6.75. The number of aromatic carboxylic acids is 1. The summed E-state index contributed by atoms with van der Waals surface area (Å²) in [7, 11) is 1.34. The van der Waals surface area contributed by atoms with E-state index in [2.05, 4.69) is 5.10 Å². The second-order valence-electron chi connectivity index (χ2n) is 9.48. The lowest BCUT2D eigenvalue weighted by Crippen LogP contribution is -2.06. The van der Waals surface area contributed by atoms with Crippen molar-refractivity contribution >= 4 is 80.1 Å². The molecular formula is C32H23Cl4N3O4. The molecule has 0 atom stereocenters. The molecule has 6 rings (SSSR count). The van der Waals surface area contributed by atoms with E-state index >= 15 is 0 Å². The number of rotatable bonds is 6. The van der Waals surface area contributed by atoms with Crippen LogP contribution in [0.1, 0.15) is 32.0 Å². The van der Waals surface area contributed by atoms with Gasteiger partial charge in [-0.3, -0.25) is 4.68 Å². The van der Waals surface area contributed by atoms with Crippen LogP contribution in [0.4, 0.5) is 0 Å². The van der Waals surface area contributed by atoms with Gasteiger partial charge in [-0.15, -0.1) is 0 Å². The Bertz CT molecular complexity index is 1980. The van der Waals surface area contributed by atoms with Crippen LogP contribution in [0, 0.1) is 0 Å². The average Bonchev–Trinajstić information content (AvgIpc) is 3.55. The summed E-state index contributed by atoms with van der Waals surface area (Å²) < 4.78 is 8.40. The van der Waals surface area contributed by atoms with Gasteiger partial charge in [-0.05, 0) is 47.5 Å². The number of para-hydroxylation sites is 2. The van der Waals surface area contributed by atoms with E-state index in [9.17, 15) is 14.7 Å². The van der Waals surface area contributed by atoms with Gasteiger partial charge in [0.2, 0.25) is 0 Å². The number of benzene rings is 4. The van der Waals surface area contributed by atoms with Gasteiger partial charge >= 0.3 is 11.9 Å². The molecule has 0 aliphatic heterocycles. The van der Waals surface area contributed by atoms with Crippen molar-refractivity contribution in [1.82, 2.24) is 14.3 Å². The van der Waals surface area contributed by atoms with Crippen molar-refractivity contribution in [1.29, 1.82) is 0 Å². The average molecular weight is 655 g/mol. The summed E-state index contributed by atoms with van der Waals surface area (Å²) >= 11 is 24.2. The lowest BCUT2D eigenvalue weighted by atomic mass is 10.2. The molecule has 0 amide bonds. The third-order valence-corrected chi connectivity index (χ3v) is 7.92. The normalized spacial score (nSPS) is 10.9. The highest BCUT2D eigenvalue weighted by molar-refractivity contribution is 6.35. The van der Waals surface area contributed by atoms with Crippen LogP contribution in [0.25, 0.3) is 21.8 Å². The van der Waals surface area contributed by atoms with Crippen LogP contribution >= 0.6 is 46.4 Å². The maximum atomic E-state index is 11.9. The van der Waals surface area contributed by atoms with Crippen LogP contribution in [0.15, 0.2) is 91.1 Å². The van der Waals surface area contributed by atoms with Crippen LogP contribution in [0.2, 0.25) is 20.1 Å².